The van der Waals surface area contributed by atoms with Gasteiger partial charge in [0.15, 0.2) is 11.6 Å². The van der Waals surface area contributed by atoms with Crippen LogP contribution in [0.1, 0.15) is 39.0 Å². The van der Waals surface area contributed by atoms with Gasteiger partial charge in [0.05, 0.1) is 5.57 Å². The van der Waals surface area contributed by atoms with E-state index in [1.54, 1.807) is 18.2 Å². The van der Waals surface area contributed by atoms with E-state index in [2.05, 4.69) is 6.92 Å². The predicted molar refractivity (Wildman–Crippen MR) is 56.0 cm³/mol. The van der Waals surface area contributed by atoms with Crippen molar-refractivity contribution in [3.05, 3.63) is 23.8 Å². The maximum absolute atomic E-state index is 11.6. The van der Waals surface area contributed by atoms with Crippen molar-refractivity contribution >= 4 is 11.6 Å². The number of carbonyl (C=O) groups excluding carboxylic acids is 2. The maximum atomic E-state index is 11.6. The fraction of sp³-hybridized carbons (Fsp3) is 0.500. The van der Waals surface area contributed by atoms with E-state index in [1.165, 1.54) is 0 Å². The van der Waals surface area contributed by atoms with Gasteiger partial charge in [-0.1, -0.05) is 31.9 Å². The van der Waals surface area contributed by atoms with E-state index in [-0.39, 0.29) is 11.6 Å². The van der Waals surface area contributed by atoms with Crippen molar-refractivity contribution < 1.29 is 9.59 Å². The Hall–Kier alpha value is -1.18. The van der Waals surface area contributed by atoms with Crippen LogP contribution in [0.15, 0.2) is 23.8 Å². The average Bonchev–Trinajstić information content (AvgIpc) is 2.18. The smallest absolute Gasteiger partial charge is 0.170 e. The second-order valence-corrected chi connectivity index (χ2v) is 3.52. The summed E-state index contributed by atoms with van der Waals surface area (Å²) in [6, 6.07) is 0. The van der Waals surface area contributed by atoms with E-state index in [1.807, 2.05) is 0 Å². The zero-order valence-electron chi connectivity index (χ0n) is 8.58. The van der Waals surface area contributed by atoms with Crippen LogP contribution in [0.3, 0.4) is 0 Å². The summed E-state index contributed by atoms with van der Waals surface area (Å²) < 4.78 is 0. The number of carbonyl (C=O) groups is 2. The third-order valence-corrected chi connectivity index (χ3v) is 2.31. The van der Waals surface area contributed by atoms with Gasteiger partial charge in [-0.05, 0) is 12.5 Å². The number of Topliss-reactive ketones (excluding diaryl/α,β-unsaturated/α-hetero) is 2. The van der Waals surface area contributed by atoms with E-state index < -0.39 is 0 Å². The molecule has 76 valence electrons. The van der Waals surface area contributed by atoms with Crippen molar-refractivity contribution in [2.45, 2.75) is 39.0 Å². The highest BCUT2D eigenvalue weighted by atomic mass is 16.1. The first-order valence-electron chi connectivity index (χ1n) is 5.19. The van der Waals surface area contributed by atoms with E-state index in [4.69, 9.17) is 0 Å². The predicted octanol–water partition coefficient (Wildman–Crippen LogP) is 2.59. The van der Waals surface area contributed by atoms with Gasteiger partial charge < -0.3 is 0 Å². The molecule has 0 N–H and O–H groups in total. The fourth-order valence-electron chi connectivity index (χ4n) is 1.46. The highest BCUT2D eigenvalue weighted by molar-refractivity contribution is 6.21. The zero-order chi connectivity index (χ0) is 10.4. The quantitative estimate of drug-likeness (QED) is 0.495. The lowest BCUT2D eigenvalue weighted by molar-refractivity contribution is -0.121. The number of ketones is 2. The Labute approximate surface area is 84.7 Å². The molecular weight excluding hydrogens is 176 g/mol. The summed E-state index contributed by atoms with van der Waals surface area (Å²) in [5, 5.41) is 0. The Morgan fingerprint density at radius 1 is 1.43 bits per heavy atom. The number of unbranched alkanes of at least 4 members (excludes halogenated alkanes) is 2. The van der Waals surface area contributed by atoms with Gasteiger partial charge in [0.2, 0.25) is 0 Å². The van der Waals surface area contributed by atoms with Gasteiger partial charge in [0, 0.05) is 12.8 Å². The van der Waals surface area contributed by atoms with Crippen LogP contribution in [0.5, 0.6) is 0 Å². The summed E-state index contributed by atoms with van der Waals surface area (Å²) in [6.45, 7) is 2.10. The molecule has 1 aliphatic carbocycles. The molecule has 0 radical (unpaired) electrons. The zero-order valence-corrected chi connectivity index (χ0v) is 8.58. The Kier molecular flexibility index (Phi) is 4.30. The van der Waals surface area contributed by atoms with Crippen molar-refractivity contribution in [1.82, 2.24) is 0 Å². The molecule has 0 unspecified atom stereocenters. The van der Waals surface area contributed by atoms with Gasteiger partial charge in [-0.3, -0.25) is 9.59 Å². The van der Waals surface area contributed by atoms with Crippen molar-refractivity contribution in [2.75, 3.05) is 0 Å². The van der Waals surface area contributed by atoms with E-state index in [0.717, 1.165) is 19.3 Å². The second kappa shape index (κ2) is 5.53. The lowest BCUT2D eigenvalue weighted by Gasteiger charge is -2.06. The number of allylic oxidation sites excluding steroid dienone is 4. The van der Waals surface area contributed by atoms with Crippen molar-refractivity contribution in [2.24, 2.45) is 0 Å². The van der Waals surface area contributed by atoms with Gasteiger partial charge in [-0.25, -0.2) is 0 Å². The van der Waals surface area contributed by atoms with Crippen molar-refractivity contribution in [3.63, 3.8) is 0 Å². The van der Waals surface area contributed by atoms with Crippen LogP contribution in [-0.2, 0) is 9.59 Å². The summed E-state index contributed by atoms with van der Waals surface area (Å²) in [5.74, 6) is -0.0261. The van der Waals surface area contributed by atoms with Crippen LogP contribution in [0.25, 0.3) is 0 Å². The SMILES string of the molecule is CCCCCC(=O)C1=CC=CCC1=O. The molecule has 2 heteroatoms. The Bertz CT molecular complexity index is 285. The minimum Gasteiger partial charge on any atom is -0.294 e. The third-order valence-electron chi connectivity index (χ3n) is 2.31. The van der Waals surface area contributed by atoms with Crippen molar-refractivity contribution in [3.8, 4) is 0 Å². The van der Waals surface area contributed by atoms with Crippen LogP contribution in [0, 0.1) is 0 Å². The van der Waals surface area contributed by atoms with Crippen LogP contribution >= 0.6 is 0 Å². The minimum atomic E-state index is -0.0333. The lowest BCUT2D eigenvalue weighted by atomic mass is 9.96. The average molecular weight is 192 g/mol. The maximum Gasteiger partial charge on any atom is 0.170 e. The Balaban J connectivity index is 2.47. The van der Waals surface area contributed by atoms with Crippen LogP contribution in [0.4, 0.5) is 0 Å². The lowest BCUT2D eigenvalue weighted by Crippen LogP contribution is -2.13. The molecule has 0 aromatic carbocycles. The Morgan fingerprint density at radius 2 is 2.21 bits per heavy atom. The number of hydrogen-bond acceptors (Lipinski definition) is 2. The molecule has 0 saturated carbocycles. The first-order valence-corrected chi connectivity index (χ1v) is 5.19. The molecule has 0 aliphatic heterocycles. The molecule has 0 heterocycles. The molecule has 0 amide bonds. The molecule has 14 heavy (non-hydrogen) atoms. The first kappa shape index (κ1) is 10.9. The summed E-state index contributed by atoms with van der Waals surface area (Å²) in [6.07, 6.45) is 9.15. The summed E-state index contributed by atoms with van der Waals surface area (Å²) in [5.41, 5.74) is 0.392. The number of rotatable bonds is 5. The molecule has 2 nitrogen and oxygen atoms in total. The molecule has 0 saturated heterocycles. The molecular formula is C12H16O2. The molecule has 0 atom stereocenters. The third kappa shape index (κ3) is 2.95. The van der Waals surface area contributed by atoms with Crippen LogP contribution in [-0.4, -0.2) is 11.6 Å². The molecule has 1 rings (SSSR count). The molecule has 0 aromatic rings. The van der Waals surface area contributed by atoms with Crippen molar-refractivity contribution in [1.29, 1.82) is 0 Å². The van der Waals surface area contributed by atoms with Crippen LogP contribution in [0.2, 0.25) is 0 Å². The van der Waals surface area contributed by atoms with Gasteiger partial charge in [0.1, 0.15) is 0 Å². The monoisotopic (exact) mass is 192 g/mol. The normalized spacial score (nSPS) is 15.5. The van der Waals surface area contributed by atoms with E-state index in [9.17, 15) is 9.59 Å². The molecule has 1 aliphatic rings. The minimum absolute atomic E-state index is 0.00722. The summed E-state index contributed by atoms with van der Waals surface area (Å²) in [4.78, 5) is 22.9. The first-order chi connectivity index (χ1) is 6.75. The largest absolute Gasteiger partial charge is 0.294 e. The molecule has 0 fully saturated rings. The molecule has 0 spiro atoms. The van der Waals surface area contributed by atoms with E-state index in [0.29, 0.717) is 18.4 Å². The van der Waals surface area contributed by atoms with Gasteiger partial charge >= 0.3 is 0 Å². The number of hydrogen-bond donors (Lipinski definition) is 0. The fourth-order valence-corrected chi connectivity index (χ4v) is 1.46. The highest BCUT2D eigenvalue weighted by Gasteiger charge is 2.17. The summed E-state index contributed by atoms with van der Waals surface area (Å²) in [7, 11) is 0. The van der Waals surface area contributed by atoms with E-state index >= 15 is 0 Å². The van der Waals surface area contributed by atoms with Crippen LogP contribution < -0.4 is 0 Å². The standard InChI is InChI=1S/C12H16O2/c1-2-3-4-8-11(13)10-7-5-6-9-12(10)14/h5-7H,2-4,8-9H2,1H3. The van der Waals surface area contributed by atoms with Gasteiger partial charge in [-0.2, -0.15) is 0 Å². The molecule has 0 bridgehead atoms. The topological polar surface area (TPSA) is 34.1 Å². The Morgan fingerprint density at radius 3 is 2.86 bits per heavy atom. The molecule has 0 aromatic heterocycles. The summed E-state index contributed by atoms with van der Waals surface area (Å²) >= 11 is 0. The van der Waals surface area contributed by atoms with Gasteiger partial charge in [-0.15, -0.1) is 0 Å². The second-order valence-electron chi connectivity index (χ2n) is 3.52. The highest BCUT2D eigenvalue weighted by Crippen LogP contribution is 2.12. The van der Waals surface area contributed by atoms with Gasteiger partial charge in [0.25, 0.3) is 0 Å².